The summed E-state index contributed by atoms with van der Waals surface area (Å²) in [5, 5.41) is 0. The molecule has 0 fully saturated rings. The first-order valence-electron chi connectivity index (χ1n) is 6.56. The smallest absolute Gasteiger partial charge is 0.201 e. The number of rotatable bonds is 2. The SMILES string of the molecule is COC1=CC2C(=CC3=C(OC)C(=O)CC=C3N2C)C=C1. The summed E-state index contributed by atoms with van der Waals surface area (Å²) in [6.07, 6.45) is 10.4. The van der Waals surface area contributed by atoms with Gasteiger partial charge in [0.05, 0.1) is 20.3 Å². The average Bonchev–Trinajstić information content (AvgIpc) is 2.47. The van der Waals surface area contributed by atoms with E-state index in [1.54, 1.807) is 14.2 Å². The molecule has 1 atom stereocenters. The van der Waals surface area contributed by atoms with Crippen molar-refractivity contribution in [3.63, 3.8) is 0 Å². The van der Waals surface area contributed by atoms with Crippen LogP contribution in [0.5, 0.6) is 0 Å². The summed E-state index contributed by atoms with van der Waals surface area (Å²) in [4.78, 5) is 14.1. The van der Waals surface area contributed by atoms with Crippen molar-refractivity contribution in [2.24, 2.45) is 0 Å². The highest BCUT2D eigenvalue weighted by molar-refractivity contribution is 5.98. The van der Waals surface area contributed by atoms with E-state index in [4.69, 9.17) is 9.47 Å². The molecule has 3 rings (SSSR count). The number of hydrogen-bond donors (Lipinski definition) is 0. The number of allylic oxidation sites excluding steroid dienone is 4. The van der Waals surface area contributed by atoms with Gasteiger partial charge in [0, 0.05) is 24.7 Å². The van der Waals surface area contributed by atoms with E-state index in [-0.39, 0.29) is 11.8 Å². The van der Waals surface area contributed by atoms with Crippen molar-refractivity contribution in [2.45, 2.75) is 12.5 Å². The van der Waals surface area contributed by atoms with Crippen LogP contribution in [0.1, 0.15) is 6.42 Å². The van der Waals surface area contributed by atoms with E-state index >= 15 is 0 Å². The molecule has 0 spiro atoms. The van der Waals surface area contributed by atoms with Crippen LogP contribution in [0.4, 0.5) is 0 Å². The summed E-state index contributed by atoms with van der Waals surface area (Å²) in [6.45, 7) is 0. The first-order chi connectivity index (χ1) is 9.65. The zero-order valence-corrected chi connectivity index (χ0v) is 11.8. The van der Waals surface area contributed by atoms with E-state index in [0.717, 1.165) is 22.6 Å². The third kappa shape index (κ3) is 1.80. The fourth-order valence-electron chi connectivity index (χ4n) is 2.86. The summed E-state index contributed by atoms with van der Waals surface area (Å²) in [5.41, 5.74) is 3.04. The van der Waals surface area contributed by atoms with Crippen molar-refractivity contribution in [3.8, 4) is 0 Å². The lowest BCUT2D eigenvalue weighted by Crippen LogP contribution is -2.37. The van der Waals surface area contributed by atoms with Gasteiger partial charge in [0.1, 0.15) is 5.76 Å². The molecule has 0 aromatic heterocycles. The Balaban J connectivity index is 2.12. The van der Waals surface area contributed by atoms with Crippen LogP contribution in [0, 0.1) is 0 Å². The second-order valence-corrected chi connectivity index (χ2v) is 4.97. The van der Waals surface area contributed by atoms with Gasteiger partial charge in [-0.15, -0.1) is 0 Å². The number of carbonyl (C=O) groups is 1. The van der Waals surface area contributed by atoms with Gasteiger partial charge >= 0.3 is 0 Å². The molecular weight excluding hydrogens is 254 g/mol. The Morgan fingerprint density at radius 2 is 2.05 bits per heavy atom. The molecule has 0 bridgehead atoms. The molecule has 1 heterocycles. The highest BCUT2D eigenvalue weighted by Crippen LogP contribution is 2.37. The maximum atomic E-state index is 11.9. The van der Waals surface area contributed by atoms with E-state index in [9.17, 15) is 4.79 Å². The molecule has 104 valence electrons. The predicted molar refractivity (Wildman–Crippen MR) is 75.6 cm³/mol. The summed E-state index contributed by atoms with van der Waals surface area (Å²) in [5.74, 6) is 1.34. The van der Waals surface area contributed by atoms with Gasteiger partial charge in [-0.25, -0.2) is 0 Å². The molecule has 1 aliphatic heterocycles. The number of ether oxygens (including phenoxy) is 2. The van der Waals surface area contributed by atoms with Crippen molar-refractivity contribution < 1.29 is 14.3 Å². The number of fused-ring (bicyclic) bond motifs is 2. The van der Waals surface area contributed by atoms with Crippen LogP contribution in [-0.2, 0) is 14.3 Å². The Hall–Kier alpha value is -2.23. The van der Waals surface area contributed by atoms with Gasteiger partial charge in [0.15, 0.2) is 5.76 Å². The molecular formula is C16H17NO3. The molecule has 0 saturated carbocycles. The van der Waals surface area contributed by atoms with Gasteiger partial charge in [-0.2, -0.15) is 0 Å². The number of ketones is 1. The van der Waals surface area contributed by atoms with Gasteiger partial charge in [-0.1, -0.05) is 12.2 Å². The lowest BCUT2D eigenvalue weighted by atomic mass is 9.87. The van der Waals surface area contributed by atoms with Crippen LogP contribution in [0.2, 0.25) is 0 Å². The van der Waals surface area contributed by atoms with Crippen LogP contribution < -0.4 is 0 Å². The number of Topliss-reactive ketones (excluding diaryl/α,β-unsaturated/α-hetero) is 1. The van der Waals surface area contributed by atoms with Crippen molar-refractivity contribution in [1.82, 2.24) is 4.90 Å². The minimum absolute atomic E-state index is 0.0304. The van der Waals surface area contributed by atoms with Crippen molar-refractivity contribution >= 4 is 5.78 Å². The second kappa shape index (κ2) is 4.71. The zero-order chi connectivity index (χ0) is 14.3. The molecule has 0 N–H and O–H groups in total. The Bertz CT molecular complexity index is 620. The molecule has 0 aromatic rings. The van der Waals surface area contributed by atoms with Crippen LogP contribution in [0.15, 0.2) is 58.7 Å². The van der Waals surface area contributed by atoms with Gasteiger partial charge in [-0.05, 0) is 23.8 Å². The fourth-order valence-corrected chi connectivity index (χ4v) is 2.86. The van der Waals surface area contributed by atoms with Crippen molar-refractivity contribution in [1.29, 1.82) is 0 Å². The van der Waals surface area contributed by atoms with Crippen molar-refractivity contribution in [3.05, 3.63) is 58.7 Å². The quantitative estimate of drug-likeness (QED) is 0.771. The fraction of sp³-hybridized carbons (Fsp3) is 0.312. The zero-order valence-electron chi connectivity index (χ0n) is 11.8. The number of nitrogens with zero attached hydrogens (tertiary/aromatic N) is 1. The van der Waals surface area contributed by atoms with Crippen LogP contribution >= 0.6 is 0 Å². The average molecular weight is 271 g/mol. The molecule has 4 heteroatoms. The van der Waals surface area contributed by atoms with E-state index in [1.807, 2.05) is 31.4 Å². The normalized spacial score (nSPS) is 24.6. The molecule has 20 heavy (non-hydrogen) atoms. The standard InChI is InChI=1S/C16H17NO3/c1-17-13-6-7-15(18)16(20-3)12(13)8-10-4-5-11(19-2)9-14(10)17/h4-6,8-9,14H,7H2,1-3H3. The number of hydrogen-bond acceptors (Lipinski definition) is 4. The van der Waals surface area contributed by atoms with E-state index in [2.05, 4.69) is 11.0 Å². The Morgan fingerprint density at radius 3 is 2.75 bits per heavy atom. The minimum atomic E-state index is 0.0304. The lowest BCUT2D eigenvalue weighted by molar-refractivity contribution is -0.117. The largest absolute Gasteiger partial charge is 0.497 e. The monoisotopic (exact) mass is 271 g/mol. The topological polar surface area (TPSA) is 38.8 Å². The van der Waals surface area contributed by atoms with Crippen LogP contribution in [0.25, 0.3) is 0 Å². The third-order valence-corrected chi connectivity index (χ3v) is 3.91. The highest BCUT2D eigenvalue weighted by Gasteiger charge is 2.33. The lowest BCUT2D eigenvalue weighted by Gasteiger charge is -2.38. The van der Waals surface area contributed by atoms with Gasteiger partial charge in [0.2, 0.25) is 5.78 Å². The molecule has 1 unspecified atom stereocenters. The first kappa shape index (κ1) is 12.8. The summed E-state index contributed by atoms with van der Waals surface area (Å²) < 4.78 is 10.6. The minimum Gasteiger partial charge on any atom is -0.497 e. The number of likely N-dealkylation sites (N-methyl/N-ethyl adjacent to an activating group) is 1. The molecule has 0 saturated heterocycles. The van der Waals surface area contributed by atoms with Gasteiger partial charge in [-0.3, -0.25) is 4.79 Å². The summed E-state index contributed by atoms with van der Waals surface area (Å²) in [6, 6.07) is 0.135. The van der Waals surface area contributed by atoms with E-state index < -0.39 is 0 Å². The molecule has 0 aromatic carbocycles. The predicted octanol–water partition coefficient (Wildman–Crippen LogP) is 2.08. The molecule has 3 aliphatic rings. The van der Waals surface area contributed by atoms with Gasteiger partial charge < -0.3 is 14.4 Å². The highest BCUT2D eigenvalue weighted by atomic mass is 16.5. The number of carbonyl (C=O) groups excluding carboxylic acids is 1. The van der Waals surface area contributed by atoms with Gasteiger partial charge in [0.25, 0.3) is 0 Å². The molecule has 2 aliphatic carbocycles. The Kier molecular flexibility index (Phi) is 3.01. The number of methoxy groups -OCH3 is 2. The second-order valence-electron chi connectivity index (χ2n) is 4.97. The molecule has 4 nitrogen and oxygen atoms in total. The summed E-state index contributed by atoms with van der Waals surface area (Å²) in [7, 11) is 5.24. The first-order valence-corrected chi connectivity index (χ1v) is 6.56. The Morgan fingerprint density at radius 1 is 1.25 bits per heavy atom. The van der Waals surface area contributed by atoms with Crippen LogP contribution in [-0.4, -0.2) is 38.0 Å². The molecule has 0 amide bonds. The molecule has 0 radical (unpaired) electrons. The Labute approximate surface area is 118 Å². The van der Waals surface area contributed by atoms with E-state index in [1.165, 1.54) is 0 Å². The maximum absolute atomic E-state index is 11.9. The summed E-state index contributed by atoms with van der Waals surface area (Å²) >= 11 is 0. The van der Waals surface area contributed by atoms with Crippen molar-refractivity contribution in [2.75, 3.05) is 21.3 Å². The maximum Gasteiger partial charge on any atom is 0.201 e. The van der Waals surface area contributed by atoms with Crippen LogP contribution in [0.3, 0.4) is 0 Å². The third-order valence-electron chi connectivity index (χ3n) is 3.91. The van der Waals surface area contributed by atoms with E-state index in [0.29, 0.717) is 12.2 Å².